The molecule has 0 N–H and O–H groups in total. The van der Waals surface area contributed by atoms with Gasteiger partial charge in [-0.2, -0.15) is 0 Å². The van der Waals surface area contributed by atoms with Crippen molar-refractivity contribution in [2.75, 3.05) is 13.1 Å². The Kier molecular flexibility index (Phi) is 3.73. The Morgan fingerprint density at radius 2 is 1.75 bits per heavy atom. The van der Waals surface area contributed by atoms with Gasteiger partial charge in [0.15, 0.2) is 0 Å². The molecule has 0 spiro atoms. The summed E-state index contributed by atoms with van der Waals surface area (Å²) in [4.78, 5) is 2.42. The molecule has 1 aromatic rings. The summed E-state index contributed by atoms with van der Waals surface area (Å²) in [5.74, 6) is -0.176. The van der Waals surface area contributed by atoms with Gasteiger partial charge in [-0.25, -0.2) is 4.39 Å². The van der Waals surface area contributed by atoms with Crippen molar-refractivity contribution in [3.8, 4) is 0 Å². The third-order valence-corrected chi connectivity index (χ3v) is 3.22. The van der Waals surface area contributed by atoms with E-state index in [0.717, 1.165) is 18.7 Å². The maximum atomic E-state index is 12.9. The summed E-state index contributed by atoms with van der Waals surface area (Å²) in [5.41, 5.74) is 1.14. The molecule has 86 valence electrons. The quantitative estimate of drug-likeness (QED) is 0.703. The maximum absolute atomic E-state index is 12.9. The van der Waals surface area contributed by atoms with Crippen LogP contribution in [0.4, 0.5) is 4.39 Å². The van der Waals surface area contributed by atoms with E-state index < -0.39 is 0 Å². The molecule has 1 fully saturated rings. The molecule has 1 aliphatic heterocycles. The zero-order valence-electron chi connectivity index (χ0n) is 9.53. The van der Waals surface area contributed by atoms with Crippen molar-refractivity contribution in [1.29, 1.82) is 0 Å². The number of halogens is 1. The van der Waals surface area contributed by atoms with Gasteiger partial charge in [-0.1, -0.05) is 24.6 Å². The minimum absolute atomic E-state index is 0.176. The minimum atomic E-state index is -0.176. The summed E-state index contributed by atoms with van der Waals surface area (Å²) in [7, 11) is 0. The summed E-state index contributed by atoms with van der Waals surface area (Å²) >= 11 is 0. The molecular weight excluding hydrogens is 201 g/mol. The number of nitrogens with zero attached hydrogens (tertiary/aromatic N) is 1. The second kappa shape index (κ2) is 5.26. The second-order valence-electron chi connectivity index (χ2n) is 4.33. The van der Waals surface area contributed by atoms with Gasteiger partial charge in [0.2, 0.25) is 0 Å². The van der Waals surface area contributed by atoms with Crippen LogP contribution in [0.25, 0.3) is 0 Å². The van der Waals surface area contributed by atoms with Crippen LogP contribution >= 0.6 is 0 Å². The van der Waals surface area contributed by atoms with Crippen LogP contribution in [0.3, 0.4) is 0 Å². The molecule has 16 heavy (non-hydrogen) atoms. The summed E-state index contributed by atoms with van der Waals surface area (Å²) in [6, 6.07) is 7.00. The van der Waals surface area contributed by atoms with Crippen LogP contribution in [0.2, 0.25) is 0 Å². The van der Waals surface area contributed by atoms with E-state index in [1.54, 1.807) is 0 Å². The van der Waals surface area contributed by atoms with E-state index in [1.165, 1.54) is 31.4 Å². The van der Waals surface area contributed by atoms with Crippen LogP contribution in [-0.4, -0.2) is 18.0 Å². The molecule has 1 nitrogen and oxygen atoms in total. The Balaban J connectivity index is 2.14. The minimum Gasteiger partial charge on any atom is -0.293 e. The van der Waals surface area contributed by atoms with Crippen molar-refractivity contribution < 1.29 is 4.39 Å². The largest absolute Gasteiger partial charge is 0.293 e. The highest BCUT2D eigenvalue weighted by atomic mass is 19.1. The molecular formula is C14H18FN. The highest BCUT2D eigenvalue weighted by Gasteiger charge is 2.19. The maximum Gasteiger partial charge on any atom is 0.123 e. The van der Waals surface area contributed by atoms with Crippen molar-refractivity contribution in [2.24, 2.45) is 0 Å². The number of hydrogen-bond acceptors (Lipinski definition) is 1. The molecule has 0 aromatic heterocycles. The van der Waals surface area contributed by atoms with Crippen molar-refractivity contribution in [3.05, 3.63) is 48.3 Å². The molecule has 1 aromatic carbocycles. The molecule has 1 atom stereocenters. The lowest BCUT2D eigenvalue weighted by molar-refractivity contribution is 0.192. The third-order valence-electron chi connectivity index (χ3n) is 3.22. The first kappa shape index (κ1) is 11.3. The first-order valence-electron chi connectivity index (χ1n) is 5.93. The molecule has 0 amide bonds. The Labute approximate surface area is 96.6 Å². The number of hydrogen-bond donors (Lipinski definition) is 0. The molecule has 1 unspecified atom stereocenters. The number of piperidine rings is 1. The second-order valence-corrected chi connectivity index (χ2v) is 4.33. The predicted molar refractivity (Wildman–Crippen MR) is 64.8 cm³/mol. The fraction of sp³-hybridized carbons (Fsp3) is 0.429. The summed E-state index contributed by atoms with van der Waals surface area (Å²) < 4.78 is 12.9. The SMILES string of the molecule is C=CC(c1ccc(F)cc1)N1CCCCC1. The highest BCUT2D eigenvalue weighted by molar-refractivity contribution is 5.23. The van der Waals surface area contributed by atoms with E-state index in [0.29, 0.717) is 0 Å². The van der Waals surface area contributed by atoms with Gasteiger partial charge < -0.3 is 0 Å². The molecule has 0 bridgehead atoms. The van der Waals surface area contributed by atoms with Gasteiger partial charge in [0.25, 0.3) is 0 Å². The van der Waals surface area contributed by atoms with Gasteiger partial charge in [0, 0.05) is 0 Å². The van der Waals surface area contributed by atoms with Crippen LogP contribution in [0.5, 0.6) is 0 Å². The smallest absolute Gasteiger partial charge is 0.123 e. The zero-order valence-corrected chi connectivity index (χ0v) is 9.53. The van der Waals surface area contributed by atoms with Gasteiger partial charge >= 0.3 is 0 Å². The molecule has 1 heterocycles. The lowest BCUT2D eigenvalue weighted by Crippen LogP contribution is -2.32. The molecule has 0 saturated carbocycles. The van der Waals surface area contributed by atoms with Crippen LogP contribution in [-0.2, 0) is 0 Å². The van der Waals surface area contributed by atoms with E-state index in [4.69, 9.17) is 0 Å². The lowest BCUT2D eigenvalue weighted by Gasteiger charge is -2.33. The fourth-order valence-corrected chi connectivity index (χ4v) is 2.35. The van der Waals surface area contributed by atoms with Gasteiger partial charge in [-0.05, 0) is 43.6 Å². The van der Waals surface area contributed by atoms with Gasteiger partial charge in [0.05, 0.1) is 6.04 Å². The van der Waals surface area contributed by atoms with Crippen LogP contribution in [0.15, 0.2) is 36.9 Å². The first-order valence-corrected chi connectivity index (χ1v) is 5.93. The molecule has 0 aliphatic carbocycles. The van der Waals surface area contributed by atoms with E-state index in [-0.39, 0.29) is 11.9 Å². The average molecular weight is 219 g/mol. The first-order chi connectivity index (χ1) is 7.81. The zero-order chi connectivity index (χ0) is 11.4. The Hall–Kier alpha value is -1.15. The van der Waals surface area contributed by atoms with E-state index in [2.05, 4.69) is 11.5 Å². The van der Waals surface area contributed by atoms with Crippen LogP contribution in [0.1, 0.15) is 30.9 Å². The Bertz CT molecular complexity index is 338. The fourth-order valence-electron chi connectivity index (χ4n) is 2.35. The summed E-state index contributed by atoms with van der Waals surface area (Å²) in [6.45, 7) is 6.14. The van der Waals surface area contributed by atoms with E-state index in [9.17, 15) is 4.39 Å². The number of rotatable bonds is 3. The summed E-state index contributed by atoms with van der Waals surface area (Å²) in [5, 5.41) is 0. The Morgan fingerprint density at radius 1 is 1.12 bits per heavy atom. The number of likely N-dealkylation sites (tertiary alicyclic amines) is 1. The summed E-state index contributed by atoms with van der Waals surface area (Å²) in [6.07, 6.45) is 5.79. The topological polar surface area (TPSA) is 3.24 Å². The molecule has 1 aliphatic rings. The monoisotopic (exact) mass is 219 g/mol. The van der Waals surface area contributed by atoms with Crippen LogP contribution < -0.4 is 0 Å². The number of benzene rings is 1. The van der Waals surface area contributed by atoms with Crippen molar-refractivity contribution in [3.63, 3.8) is 0 Å². The van der Waals surface area contributed by atoms with Crippen molar-refractivity contribution in [2.45, 2.75) is 25.3 Å². The van der Waals surface area contributed by atoms with Crippen LogP contribution in [0, 0.1) is 5.82 Å². The van der Waals surface area contributed by atoms with Gasteiger partial charge in [-0.15, -0.1) is 6.58 Å². The van der Waals surface area contributed by atoms with Gasteiger partial charge in [0.1, 0.15) is 5.82 Å². The molecule has 0 radical (unpaired) electrons. The standard InChI is InChI=1S/C14H18FN/c1-2-14(16-10-4-3-5-11-16)12-6-8-13(15)9-7-12/h2,6-9,14H,1,3-5,10-11H2. The van der Waals surface area contributed by atoms with Crippen molar-refractivity contribution >= 4 is 0 Å². The normalized spacial score (nSPS) is 19.3. The molecule has 1 saturated heterocycles. The molecule has 2 rings (SSSR count). The average Bonchev–Trinajstić information content (AvgIpc) is 2.34. The Morgan fingerprint density at radius 3 is 2.31 bits per heavy atom. The van der Waals surface area contributed by atoms with Gasteiger partial charge in [-0.3, -0.25) is 4.90 Å². The predicted octanol–water partition coefficient (Wildman–Crippen LogP) is 3.54. The molecule has 2 heteroatoms. The van der Waals surface area contributed by atoms with E-state index >= 15 is 0 Å². The van der Waals surface area contributed by atoms with Crippen molar-refractivity contribution in [1.82, 2.24) is 4.90 Å². The highest BCUT2D eigenvalue weighted by Crippen LogP contribution is 2.25. The lowest BCUT2D eigenvalue weighted by atomic mass is 10.0. The van der Waals surface area contributed by atoms with E-state index in [1.807, 2.05) is 18.2 Å². The third kappa shape index (κ3) is 2.50.